The van der Waals surface area contributed by atoms with Crippen molar-refractivity contribution in [2.75, 3.05) is 0 Å². The summed E-state index contributed by atoms with van der Waals surface area (Å²) < 4.78 is 1.08. The fourth-order valence-electron chi connectivity index (χ4n) is 1.36. The lowest BCUT2D eigenvalue weighted by Crippen LogP contribution is -1.79. The van der Waals surface area contributed by atoms with E-state index in [2.05, 4.69) is 46.8 Å². The van der Waals surface area contributed by atoms with E-state index in [1.165, 1.54) is 5.56 Å². The molecule has 0 bridgehead atoms. The molecule has 2 aromatic rings. The highest BCUT2D eigenvalue weighted by atomic mass is 79.9. The molecule has 0 aliphatic carbocycles. The highest BCUT2D eigenvalue weighted by Gasteiger charge is 2.01. The zero-order chi connectivity index (χ0) is 9.97. The molecular weight excluding hydrogens is 256 g/mol. The quantitative estimate of drug-likeness (QED) is 0.726. The molecule has 0 atom stereocenters. The molecule has 70 valence electrons. The number of hydrogen-bond acceptors (Lipinski definition) is 1. The molecule has 2 rings (SSSR count). The normalized spacial score (nSPS) is 10.1. The molecule has 14 heavy (non-hydrogen) atoms. The van der Waals surface area contributed by atoms with Gasteiger partial charge in [-0.2, -0.15) is 0 Å². The Labute approximate surface area is 97.5 Å². The van der Waals surface area contributed by atoms with Crippen LogP contribution in [0.3, 0.4) is 0 Å². The van der Waals surface area contributed by atoms with E-state index >= 15 is 0 Å². The zero-order valence-electron chi connectivity index (χ0n) is 7.44. The SMILES string of the molecule is Sc1ccc(Br)cc1-c1ccccc1. The second kappa shape index (κ2) is 4.20. The molecule has 0 aliphatic rings. The van der Waals surface area contributed by atoms with E-state index in [9.17, 15) is 0 Å². The minimum Gasteiger partial charge on any atom is -0.143 e. The largest absolute Gasteiger partial charge is 0.143 e. The fourth-order valence-corrected chi connectivity index (χ4v) is 1.99. The van der Waals surface area contributed by atoms with Crippen LogP contribution in [0.5, 0.6) is 0 Å². The molecule has 0 aliphatic heterocycles. The van der Waals surface area contributed by atoms with Crippen LogP contribution in [0.4, 0.5) is 0 Å². The summed E-state index contributed by atoms with van der Waals surface area (Å²) in [4.78, 5) is 0.999. The summed E-state index contributed by atoms with van der Waals surface area (Å²) in [6, 6.07) is 16.3. The van der Waals surface area contributed by atoms with Gasteiger partial charge in [0.25, 0.3) is 0 Å². The summed E-state index contributed by atoms with van der Waals surface area (Å²) in [5, 5.41) is 0. The molecule has 0 nitrogen and oxygen atoms in total. The van der Waals surface area contributed by atoms with Gasteiger partial charge in [0.1, 0.15) is 0 Å². The Kier molecular flexibility index (Phi) is 2.94. The van der Waals surface area contributed by atoms with Crippen molar-refractivity contribution in [3.05, 3.63) is 53.0 Å². The maximum atomic E-state index is 4.44. The first kappa shape index (κ1) is 9.81. The van der Waals surface area contributed by atoms with Crippen LogP contribution in [0, 0.1) is 0 Å². The Balaban J connectivity index is 2.57. The van der Waals surface area contributed by atoms with Gasteiger partial charge in [-0.1, -0.05) is 46.3 Å². The number of thiol groups is 1. The van der Waals surface area contributed by atoms with Gasteiger partial charge in [-0.05, 0) is 29.3 Å². The van der Waals surface area contributed by atoms with Crippen LogP contribution in [0.2, 0.25) is 0 Å². The Bertz CT molecular complexity index is 437. The third-order valence-electron chi connectivity index (χ3n) is 2.04. The lowest BCUT2D eigenvalue weighted by molar-refractivity contribution is 1.44. The standard InChI is InChI=1S/C12H9BrS/c13-10-6-7-12(14)11(8-10)9-4-2-1-3-5-9/h1-8,14H. The van der Waals surface area contributed by atoms with Gasteiger partial charge in [0, 0.05) is 9.37 Å². The van der Waals surface area contributed by atoms with Crippen molar-refractivity contribution in [3.63, 3.8) is 0 Å². The first-order valence-electron chi connectivity index (χ1n) is 4.31. The van der Waals surface area contributed by atoms with Crippen LogP contribution in [0.25, 0.3) is 11.1 Å². The first-order valence-corrected chi connectivity index (χ1v) is 5.55. The highest BCUT2D eigenvalue weighted by molar-refractivity contribution is 9.10. The fraction of sp³-hybridized carbons (Fsp3) is 0. The second-order valence-corrected chi connectivity index (χ2v) is 4.42. The van der Waals surface area contributed by atoms with E-state index in [4.69, 9.17) is 0 Å². The van der Waals surface area contributed by atoms with Crippen LogP contribution in [0.1, 0.15) is 0 Å². The molecule has 0 amide bonds. The topological polar surface area (TPSA) is 0 Å². The summed E-state index contributed by atoms with van der Waals surface area (Å²) in [6.07, 6.45) is 0. The average Bonchev–Trinajstić information content (AvgIpc) is 2.23. The average molecular weight is 265 g/mol. The Morgan fingerprint density at radius 2 is 1.64 bits per heavy atom. The van der Waals surface area contributed by atoms with Crippen molar-refractivity contribution >= 4 is 28.6 Å². The summed E-state index contributed by atoms with van der Waals surface area (Å²) in [5.41, 5.74) is 2.35. The summed E-state index contributed by atoms with van der Waals surface area (Å²) in [6.45, 7) is 0. The summed E-state index contributed by atoms with van der Waals surface area (Å²) in [5.74, 6) is 0. The van der Waals surface area contributed by atoms with Crippen molar-refractivity contribution in [2.45, 2.75) is 4.90 Å². The van der Waals surface area contributed by atoms with E-state index < -0.39 is 0 Å². The van der Waals surface area contributed by atoms with E-state index in [1.54, 1.807) is 0 Å². The van der Waals surface area contributed by atoms with E-state index in [-0.39, 0.29) is 0 Å². The molecule has 0 saturated heterocycles. The van der Waals surface area contributed by atoms with Crippen molar-refractivity contribution in [1.29, 1.82) is 0 Å². The predicted octanol–water partition coefficient (Wildman–Crippen LogP) is 4.40. The van der Waals surface area contributed by atoms with Crippen molar-refractivity contribution in [1.82, 2.24) is 0 Å². The van der Waals surface area contributed by atoms with Crippen molar-refractivity contribution in [2.24, 2.45) is 0 Å². The molecule has 0 N–H and O–H groups in total. The van der Waals surface area contributed by atoms with Crippen molar-refractivity contribution in [3.8, 4) is 11.1 Å². The molecule has 2 heteroatoms. The van der Waals surface area contributed by atoms with Gasteiger partial charge >= 0.3 is 0 Å². The minimum atomic E-state index is 0.999. The van der Waals surface area contributed by atoms with Gasteiger partial charge in [0.15, 0.2) is 0 Å². The van der Waals surface area contributed by atoms with Gasteiger partial charge in [-0.15, -0.1) is 12.6 Å². The predicted molar refractivity (Wildman–Crippen MR) is 66.8 cm³/mol. The minimum absolute atomic E-state index is 0.999. The Hall–Kier alpha value is -0.730. The van der Waals surface area contributed by atoms with Crippen LogP contribution in [-0.2, 0) is 0 Å². The van der Waals surface area contributed by atoms with Gasteiger partial charge < -0.3 is 0 Å². The third-order valence-corrected chi connectivity index (χ3v) is 2.93. The summed E-state index contributed by atoms with van der Waals surface area (Å²) >= 11 is 7.90. The van der Waals surface area contributed by atoms with E-state index in [0.717, 1.165) is 14.9 Å². The molecule has 0 spiro atoms. The zero-order valence-corrected chi connectivity index (χ0v) is 9.92. The number of benzene rings is 2. The smallest absolute Gasteiger partial charge is 0.0182 e. The number of halogens is 1. The third kappa shape index (κ3) is 2.02. The Morgan fingerprint density at radius 1 is 0.929 bits per heavy atom. The van der Waals surface area contributed by atoms with Crippen molar-refractivity contribution < 1.29 is 0 Å². The van der Waals surface area contributed by atoms with Crippen LogP contribution < -0.4 is 0 Å². The Morgan fingerprint density at radius 3 is 2.36 bits per heavy atom. The lowest BCUT2D eigenvalue weighted by Gasteiger charge is -2.05. The second-order valence-electron chi connectivity index (χ2n) is 3.03. The van der Waals surface area contributed by atoms with Gasteiger partial charge in [-0.3, -0.25) is 0 Å². The summed E-state index contributed by atoms with van der Waals surface area (Å²) in [7, 11) is 0. The molecular formula is C12H9BrS. The molecule has 0 fully saturated rings. The van der Waals surface area contributed by atoms with E-state index in [0.29, 0.717) is 0 Å². The van der Waals surface area contributed by atoms with Gasteiger partial charge in [0.05, 0.1) is 0 Å². The van der Waals surface area contributed by atoms with Gasteiger partial charge in [0.2, 0.25) is 0 Å². The van der Waals surface area contributed by atoms with Gasteiger partial charge in [-0.25, -0.2) is 0 Å². The van der Waals surface area contributed by atoms with Crippen LogP contribution in [0.15, 0.2) is 57.9 Å². The van der Waals surface area contributed by atoms with Crippen LogP contribution >= 0.6 is 28.6 Å². The number of rotatable bonds is 1. The maximum Gasteiger partial charge on any atom is 0.0182 e. The molecule has 0 saturated carbocycles. The molecule has 2 aromatic carbocycles. The molecule has 0 unspecified atom stereocenters. The molecule has 0 radical (unpaired) electrons. The first-order chi connectivity index (χ1) is 6.77. The number of hydrogen-bond donors (Lipinski definition) is 1. The van der Waals surface area contributed by atoms with Crippen LogP contribution in [-0.4, -0.2) is 0 Å². The highest BCUT2D eigenvalue weighted by Crippen LogP contribution is 2.29. The molecule has 0 heterocycles. The van der Waals surface area contributed by atoms with E-state index in [1.807, 2.05) is 30.3 Å². The maximum absolute atomic E-state index is 4.44. The molecule has 0 aromatic heterocycles. The monoisotopic (exact) mass is 264 g/mol. The lowest BCUT2D eigenvalue weighted by atomic mass is 10.1.